The molecular formula is C16H27NO. The number of Topliss-reactive ketones (excluding diaryl/α,β-unsaturated/α-hetero) is 1. The highest BCUT2D eigenvalue weighted by Gasteiger charge is 2.44. The van der Waals surface area contributed by atoms with Crippen LogP contribution in [0.4, 0.5) is 0 Å². The highest BCUT2D eigenvalue weighted by molar-refractivity contribution is 5.81. The van der Waals surface area contributed by atoms with E-state index in [1.807, 2.05) is 0 Å². The fourth-order valence-corrected chi connectivity index (χ4v) is 4.85. The van der Waals surface area contributed by atoms with Crippen LogP contribution < -0.4 is 0 Å². The number of fused-ring (bicyclic) bond motifs is 2. The topological polar surface area (TPSA) is 20.3 Å². The molecule has 0 aromatic heterocycles. The molecule has 0 aromatic carbocycles. The quantitative estimate of drug-likeness (QED) is 0.762. The van der Waals surface area contributed by atoms with Gasteiger partial charge < -0.3 is 0 Å². The second kappa shape index (κ2) is 5.32. The van der Waals surface area contributed by atoms with E-state index in [1.165, 1.54) is 51.4 Å². The zero-order chi connectivity index (χ0) is 12.5. The normalized spacial score (nSPS) is 35.9. The lowest BCUT2D eigenvalue weighted by atomic mass is 9.80. The van der Waals surface area contributed by atoms with E-state index in [0.717, 1.165) is 24.8 Å². The van der Waals surface area contributed by atoms with E-state index in [9.17, 15) is 4.79 Å². The van der Waals surface area contributed by atoms with Crippen molar-refractivity contribution in [1.29, 1.82) is 0 Å². The molecule has 0 spiro atoms. The lowest BCUT2D eigenvalue weighted by molar-refractivity contribution is -0.125. The molecule has 0 aromatic rings. The SMILES string of the molecule is CCC(C1CCCCC1)N1C2CCC1CC(=O)C2. The van der Waals surface area contributed by atoms with Crippen molar-refractivity contribution in [3.05, 3.63) is 0 Å². The highest BCUT2D eigenvalue weighted by Crippen LogP contribution is 2.41. The van der Waals surface area contributed by atoms with E-state index in [2.05, 4.69) is 11.8 Å². The molecule has 1 aliphatic carbocycles. The van der Waals surface area contributed by atoms with Gasteiger partial charge in [-0.1, -0.05) is 26.2 Å². The van der Waals surface area contributed by atoms with Gasteiger partial charge in [0.1, 0.15) is 5.78 Å². The van der Waals surface area contributed by atoms with Gasteiger partial charge in [-0.15, -0.1) is 0 Å². The van der Waals surface area contributed by atoms with Gasteiger partial charge >= 0.3 is 0 Å². The zero-order valence-corrected chi connectivity index (χ0v) is 11.7. The Kier molecular flexibility index (Phi) is 3.74. The summed E-state index contributed by atoms with van der Waals surface area (Å²) in [4.78, 5) is 14.5. The van der Waals surface area contributed by atoms with E-state index >= 15 is 0 Å². The summed E-state index contributed by atoms with van der Waals surface area (Å²) in [5, 5.41) is 0. The van der Waals surface area contributed by atoms with Crippen LogP contribution >= 0.6 is 0 Å². The van der Waals surface area contributed by atoms with Gasteiger partial charge in [0.2, 0.25) is 0 Å². The third-order valence-corrected chi connectivity index (χ3v) is 5.60. The number of rotatable bonds is 3. The van der Waals surface area contributed by atoms with Crippen LogP contribution in [0.3, 0.4) is 0 Å². The smallest absolute Gasteiger partial charge is 0.136 e. The van der Waals surface area contributed by atoms with Gasteiger partial charge in [0, 0.05) is 31.0 Å². The molecule has 0 amide bonds. The number of piperidine rings is 1. The number of nitrogens with zero attached hydrogens (tertiary/aromatic N) is 1. The molecule has 2 bridgehead atoms. The van der Waals surface area contributed by atoms with Gasteiger partial charge in [0.15, 0.2) is 0 Å². The number of hydrogen-bond acceptors (Lipinski definition) is 2. The van der Waals surface area contributed by atoms with Gasteiger partial charge in [-0.25, -0.2) is 0 Å². The fraction of sp³-hybridized carbons (Fsp3) is 0.938. The summed E-state index contributed by atoms with van der Waals surface area (Å²) < 4.78 is 0. The molecular weight excluding hydrogens is 222 g/mol. The minimum atomic E-state index is 0.525. The van der Waals surface area contributed by atoms with Crippen molar-refractivity contribution in [1.82, 2.24) is 4.90 Å². The monoisotopic (exact) mass is 249 g/mol. The average Bonchev–Trinajstić information content (AvgIpc) is 2.65. The Hall–Kier alpha value is -0.370. The van der Waals surface area contributed by atoms with Crippen LogP contribution in [0.5, 0.6) is 0 Å². The van der Waals surface area contributed by atoms with E-state index in [-0.39, 0.29) is 0 Å². The Morgan fingerprint density at radius 3 is 2.22 bits per heavy atom. The lowest BCUT2D eigenvalue weighted by Gasteiger charge is -2.44. The molecule has 2 heterocycles. The van der Waals surface area contributed by atoms with E-state index in [4.69, 9.17) is 0 Å². The molecule has 3 rings (SSSR count). The molecule has 2 aliphatic heterocycles. The van der Waals surface area contributed by atoms with Crippen LogP contribution in [0.15, 0.2) is 0 Å². The minimum absolute atomic E-state index is 0.525. The first-order chi connectivity index (χ1) is 8.79. The second-order valence-electron chi connectivity index (χ2n) is 6.65. The van der Waals surface area contributed by atoms with Crippen molar-refractivity contribution in [2.75, 3.05) is 0 Å². The number of ketones is 1. The Morgan fingerprint density at radius 2 is 1.67 bits per heavy atom. The fourth-order valence-electron chi connectivity index (χ4n) is 4.85. The van der Waals surface area contributed by atoms with Gasteiger partial charge in [0.05, 0.1) is 0 Å². The summed E-state index contributed by atoms with van der Waals surface area (Å²) in [5.74, 6) is 1.44. The molecule has 3 fully saturated rings. The number of hydrogen-bond donors (Lipinski definition) is 0. The molecule has 0 N–H and O–H groups in total. The minimum Gasteiger partial charge on any atom is -0.300 e. The first-order valence-electron chi connectivity index (χ1n) is 8.08. The van der Waals surface area contributed by atoms with Crippen molar-refractivity contribution < 1.29 is 4.79 Å². The van der Waals surface area contributed by atoms with Gasteiger partial charge in [-0.05, 0) is 38.0 Å². The second-order valence-corrected chi connectivity index (χ2v) is 6.65. The maximum absolute atomic E-state index is 11.7. The van der Waals surface area contributed by atoms with Crippen LogP contribution in [-0.4, -0.2) is 28.8 Å². The van der Waals surface area contributed by atoms with Crippen LogP contribution in [-0.2, 0) is 4.79 Å². The van der Waals surface area contributed by atoms with Crippen molar-refractivity contribution in [3.63, 3.8) is 0 Å². The van der Waals surface area contributed by atoms with Gasteiger partial charge in [-0.2, -0.15) is 0 Å². The molecule has 3 aliphatic rings. The molecule has 102 valence electrons. The molecule has 2 saturated heterocycles. The van der Waals surface area contributed by atoms with Crippen molar-refractivity contribution in [2.45, 2.75) is 89.3 Å². The van der Waals surface area contributed by atoms with Crippen molar-refractivity contribution >= 4 is 5.78 Å². The third-order valence-electron chi connectivity index (χ3n) is 5.60. The molecule has 3 unspecified atom stereocenters. The molecule has 18 heavy (non-hydrogen) atoms. The summed E-state index contributed by atoms with van der Waals surface area (Å²) in [7, 11) is 0. The molecule has 1 saturated carbocycles. The predicted octanol–water partition coefficient (Wildman–Crippen LogP) is 3.54. The zero-order valence-electron chi connectivity index (χ0n) is 11.7. The largest absolute Gasteiger partial charge is 0.300 e. The Labute approximate surface area is 111 Å². The Bertz CT molecular complexity index is 292. The van der Waals surface area contributed by atoms with Crippen LogP contribution in [0, 0.1) is 5.92 Å². The maximum Gasteiger partial charge on any atom is 0.136 e. The summed E-state index contributed by atoms with van der Waals surface area (Å²) in [6.45, 7) is 2.36. The number of carbonyl (C=O) groups excluding carboxylic acids is 1. The van der Waals surface area contributed by atoms with E-state index < -0.39 is 0 Å². The number of carbonyl (C=O) groups is 1. The van der Waals surface area contributed by atoms with Gasteiger partial charge in [0.25, 0.3) is 0 Å². The summed E-state index contributed by atoms with van der Waals surface area (Å²) in [6, 6.07) is 1.97. The molecule has 3 atom stereocenters. The van der Waals surface area contributed by atoms with Crippen molar-refractivity contribution in [3.8, 4) is 0 Å². The first kappa shape index (κ1) is 12.7. The third kappa shape index (κ3) is 2.24. The Balaban J connectivity index is 1.73. The van der Waals surface area contributed by atoms with Crippen molar-refractivity contribution in [2.24, 2.45) is 5.92 Å². The average molecular weight is 249 g/mol. The van der Waals surface area contributed by atoms with E-state index in [0.29, 0.717) is 17.9 Å². The van der Waals surface area contributed by atoms with E-state index in [1.54, 1.807) is 0 Å². The predicted molar refractivity (Wildman–Crippen MR) is 73.5 cm³/mol. The maximum atomic E-state index is 11.7. The van der Waals surface area contributed by atoms with Crippen LogP contribution in [0.25, 0.3) is 0 Å². The van der Waals surface area contributed by atoms with Crippen LogP contribution in [0.1, 0.15) is 71.1 Å². The summed E-state index contributed by atoms with van der Waals surface area (Å²) in [6.07, 6.45) is 12.7. The standard InChI is InChI=1S/C16H27NO/c1-2-16(12-6-4-3-5-7-12)17-13-8-9-14(17)11-15(18)10-13/h12-14,16H,2-11H2,1H3. The summed E-state index contributed by atoms with van der Waals surface area (Å²) in [5.41, 5.74) is 0. The lowest BCUT2D eigenvalue weighted by Crippen LogP contribution is -2.51. The van der Waals surface area contributed by atoms with Crippen LogP contribution in [0.2, 0.25) is 0 Å². The molecule has 2 heteroatoms. The Morgan fingerprint density at radius 1 is 1.06 bits per heavy atom. The first-order valence-corrected chi connectivity index (χ1v) is 8.08. The highest BCUT2D eigenvalue weighted by atomic mass is 16.1. The van der Waals surface area contributed by atoms with Gasteiger partial charge in [-0.3, -0.25) is 9.69 Å². The molecule has 0 radical (unpaired) electrons. The molecule has 2 nitrogen and oxygen atoms in total. The summed E-state index contributed by atoms with van der Waals surface area (Å²) >= 11 is 0.